The largest absolute Gasteiger partial charge is 0.383 e. The van der Waals surface area contributed by atoms with Gasteiger partial charge in [0, 0.05) is 31.5 Å². The standard InChI is InChI=1S/C18H21N3OS.2ClH/c19-18(17-2-1-11-23-17)20-14-4-3-13-5-8-21(16(13)12-14)15-6-9-22-10-7-15;;/h1-4,11-12,15H,5-10H2,(H2,19,20);2*1H. The molecule has 3 heterocycles. The number of amidine groups is 1. The lowest BCUT2D eigenvalue weighted by molar-refractivity contribution is 0.0848. The van der Waals surface area contributed by atoms with Gasteiger partial charge in [0.1, 0.15) is 5.84 Å². The third kappa shape index (κ3) is 4.29. The van der Waals surface area contributed by atoms with Crippen LogP contribution in [-0.2, 0) is 11.2 Å². The minimum Gasteiger partial charge on any atom is -0.383 e. The van der Waals surface area contributed by atoms with Crippen LogP contribution in [-0.4, -0.2) is 31.6 Å². The summed E-state index contributed by atoms with van der Waals surface area (Å²) >= 11 is 1.62. The molecule has 0 amide bonds. The summed E-state index contributed by atoms with van der Waals surface area (Å²) in [5.41, 5.74) is 9.82. The number of nitrogens with zero attached hydrogens (tertiary/aromatic N) is 2. The van der Waals surface area contributed by atoms with Crippen molar-refractivity contribution in [2.75, 3.05) is 24.7 Å². The van der Waals surface area contributed by atoms with Crippen LogP contribution in [0.2, 0.25) is 0 Å². The zero-order valence-electron chi connectivity index (χ0n) is 13.9. The van der Waals surface area contributed by atoms with Crippen LogP contribution in [0.1, 0.15) is 23.3 Å². The summed E-state index contributed by atoms with van der Waals surface area (Å²) in [6, 6.07) is 11.1. The second-order valence-corrected chi connectivity index (χ2v) is 7.02. The van der Waals surface area contributed by atoms with Crippen LogP contribution < -0.4 is 10.6 Å². The molecule has 1 aromatic heterocycles. The predicted octanol–water partition coefficient (Wildman–Crippen LogP) is 4.17. The Hall–Kier alpha value is -1.27. The molecule has 4 nitrogen and oxygen atoms in total. The molecule has 7 heteroatoms. The number of anilines is 1. The maximum atomic E-state index is 6.12. The molecule has 1 aromatic carbocycles. The fourth-order valence-corrected chi connectivity index (χ4v) is 4.08. The Morgan fingerprint density at radius 3 is 2.72 bits per heavy atom. The lowest BCUT2D eigenvalue weighted by Gasteiger charge is -2.33. The van der Waals surface area contributed by atoms with E-state index >= 15 is 0 Å². The molecule has 1 fully saturated rings. The Kier molecular flexibility index (Phi) is 7.14. The first-order valence-electron chi connectivity index (χ1n) is 8.16. The van der Waals surface area contributed by atoms with Crippen molar-refractivity contribution < 1.29 is 4.74 Å². The average Bonchev–Trinajstić information content (AvgIpc) is 3.25. The van der Waals surface area contributed by atoms with Crippen molar-refractivity contribution in [3.05, 3.63) is 46.2 Å². The topological polar surface area (TPSA) is 50.8 Å². The minimum absolute atomic E-state index is 0. The number of fused-ring (bicyclic) bond motifs is 1. The number of rotatable bonds is 3. The molecule has 0 unspecified atom stereocenters. The van der Waals surface area contributed by atoms with Crippen molar-refractivity contribution in [3.8, 4) is 0 Å². The summed E-state index contributed by atoms with van der Waals surface area (Å²) in [6.45, 7) is 2.85. The Labute approximate surface area is 164 Å². The van der Waals surface area contributed by atoms with Gasteiger partial charge in [-0.2, -0.15) is 0 Å². The maximum Gasteiger partial charge on any atom is 0.141 e. The van der Waals surface area contributed by atoms with E-state index in [2.05, 4.69) is 28.1 Å². The second kappa shape index (κ2) is 8.90. The molecule has 0 spiro atoms. The molecule has 2 N–H and O–H groups in total. The summed E-state index contributed by atoms with van der Waals surface area (Å²) in [7, 11) is 0. The monoisotopic (exact) mass is 399 g/mol. The molecule has 0 atom stereocenters. The van der Waals surface area contributed by atoms with Crippen molar-refractivity contribution in [1.82, 2.24) is 0 Å². The highest BCUT2D eigenvalue weighted by atomic mass is 35.5. The predicted molar refractivity (Wildman–Crippen MR) is 111 cm³/mol. The molecule has 2 aromatic rings. The van der Waals surface area contributed by atoms with Gasteiger partial charge >= 0.3 is 0 Å². The quantitative estimate of drug-likeness (QED) is 0.622. The van der Waals surface area contributed by atoms with Gasteiger partial charge in [0.2, 0.25) is 0 Å². The van der Waals surface area contributed by atoms with Crippen molar-refractivity contribution in [3.63, 3.8) is 0 Å². The van der Waals surface area contributed by atoms with Crippen LogP contribution in [0.4, 0.5) is 11.4 Å². The first-order chi connectivity index (χ1) is 11.3. The van der Waals surface area contributed by atoms with E-state index in [1.165, 1.54) is 11.3 Å². The van der Waals surface area contributed by atoms with Gasteiger partial charge < -0.3 is 15.4 Å². The van der Waals surface area contributed by atoms with Gasteiger partial charge in [-0.25, -0.2) is 4.99 Å². The molecule has 2 aliphatic rings. The van der Waals surface area contributed by atoms with Gasteiger partial charge in [0.25, 0.3) is 0 Å². The molecule has 4 rings (SSSR count). The molecule has 1 saturated heterocycles. The molecular weight excluding hydrogens is 377 g/mol. The van der Waals surface area contributed by atoms with Crippen LogP contribution in [0.15, 0.2) is 40.7 Å². The van der Waals surface area contributed by atoms with Crippen LogP contribution in [0.5, 0.6) is 0 Å². The van der Waals surface area contributed by atoms with E-state index < -0.39 is 0 Å². The number of halogens is 2. The Morgan fingerprint density at radius 1 is 1.20 bits per heavy atom. The smallest absolute Gasteiger partial charge is 0.141 e. The highest BCUT2D eigenvalue weighted by molar-refractivity contribution is 7.12. The van der Waals surface area contributed by atoms with Crippen LogP contribution in [0.25, 0.3) is 0 Å². The SMILES string of the molecule is Cl.Cl.NC(=Nc1ccc2c(c1)N(C1CCOCC1)CC2)c1cccs1. The molecular formula is C18H23Cl2N3OS. The van der Waals surface area contributed by atoms with Crippen molar-refractivity contribution in [2.45, 2.75) is 25.3 Å². The lowest BCUT2D eigenvalue weighted by Crippen LogP contribution is -2.38. The van der Waals surface area contributed by atoms with Gasteiger partial charge in [-0.15, -0.1) is 36.2 Å². The summed E-state index contributed by atoms with van der Waals surface area (Å²) < 4.78 is 5.50. The van der Waals surface area contributed by atoms with Gasteiger partial charge in [-0.05, 0) is 48.4 Å². The minimum atomic E-state index is 0. The lowest BCUT2D eigenvalue weighted by atomic mass is 10.1. The fourth-order valence-electron chi connectivity index (χ4n) is 3.46. The highest BCUT2D eigenvalue weighted by Crippen LogP contribution is 2.35. The number of nitrogens with two attached hydrogens (primary N) is 1. The van der Waals surface area contributed by atoms with Gasteiger partial charge in [-0.1, -0.05) is 12.1 Å². The zero-order valence-corrected chi connectivity index (χ0v) is 16.3. The van der Waals surface area contributed by atoms with Crippen molar-refractivity contribution >= 4 is 53.4 Å². The van der Waals surface area contributed by atoms with Gasteiger partial charge in [0.05, 0.1) is 10.6 Å². The summed E-state index contributed by atoms with van der Waals surface area (Å²) in [5.74, 6) is 0.593. The summed E-state index contributed by atoms with van der Waals surface area (Å²) in [5, 5.41) is 2.02. The van der Waals surface area contributed by atoms with Crippen molar-refractivity contribution in [1.29, 1.82) is 0 Å². The van der Waals surface area contributed by atoms with E-state index in [1.807, 2.05) is 17.5 Å². The van der Waals surface area contributed by atoms with Crippen LogP contribution in [0.3, 0.4) is 0 Å². The Bertz CT molecular complexity index is 715. The first-order valence-corrected chi connectivity index (χ1v) is 9.04. The Morgan fingerprint density at radius 2 is 2.00 bits per heavy atom. The number of aliphatic imine (C=N–C) groups is 1. The number of thiophene rings is 1. The van der Waals surface area contributed by atoms with E-state index in [0.717, 1.165) is 49.6 Å². The maximum absolute atomic E-state index is 6.12. The number of hydrogen-bond donors (Lipinski definition) is 1. The first kappa shape index (κ1) is 20.0. The molecule has 0 bridgehead atoms. The third-order valence-electron chi connectivity index (χ3n) is 4.66. The number of ether oxygens (including phenoxy) is 1. The Balaban J connectivity index is 0.00000113. The number of benzene rings is 1. The van der Waals surface area contributed by atoms with Crippen molar-refractivity contribution in [2.24, 2.45) is 10.7 Å². The average molecular weight is 400 g/mol. The second-order valence-electron chi connectivity index (χ2n) is 6.07. The fraction of sp³-hybridized carbons (Fsp3) is 0.389. The summed E-state index contributed by atoms with van der Waals surface area (Å²) in [6.07, 6.45) is 3.35. The summed E-state index contributed by atoms with van der Waals surface area (Å²) in [4.78, 5) is 8.17. The van der Waals surface area contributed by atoms with Crippen LogP contribution in [0, 0.1) is 0 Å². The van der Waals surface area contributed by atoms with E-state index in [4.69, 9.17) is 10.5 Å². The molecule has 136 valence electrons. The molecule has 2 aliphatic heterocycles. The molecule has 0 aliphatic carbocycles. The molecule has 25 heavy (non-hydrogen) atoms. The highest BCUT2D eigenvalue weighted by Gasteiger charge is 2.27. The molecule has 0 saturated carbocycles. The van der Waals surface area contributed by atoms with E-state index in [9.17, 15) is 0 Å². The van der Waals surface area contributed by atoms with E-state index in [0.29, 0.717) is 11.9 Å². The normalized spacial score (nSPS) is 17.6. The van der Waals surface area contributed by atoms with Gasteiger partial charge in [0.15, 0.2) is 0 Å². The third-order valence-corrected chi connectivity index (χ3v) is 5.55. The number of hydrogen-bond acceptors (Lipinski definition) is 4. The molecule has 0 radical (unpaired) electrons. The van der Waals surface area contributed by atoms with E-state index in [1.54, 1.807) is 11.3 Å². The zero-order chi connectivity index (χ0) is 15.6. The van der Waals surface area contributed by atoms with Crippen LogP contribution >= 0.6 is 36.2 Å². The van der Waals surface area contributed by atoms with Gasteiger partial charge in [-0.3, -0.25) is 0 Å². The van der Waals surface area contributed by atoms with E-state index in [-0.39, 0.29) is 24.8 Å².